The Kier molecular flexibility index (Phi) is 5.96. The molecule has 1 aliphatic rings. The van der Waals surface area contributed by atoms with Gasteiger partial charge in [0.05, 0.1) is 12.7 Å². The van der Waals surface area contributed by atoms with Gasteiger partial charge in [-0.1, -0.05) is 24.3 Å². The van der Waals surface area contributed by atoms with Crippen molar-refractivity contribution >= 4 is 17.6 Å². The molecule has 2 aromatic carbocycles. The van der Waals surface area contributed by atoms with Gasteiger partial charge in [0.15, 0.2) is 6.10 Å². The van der Waals surface area contributed by atoms with Crippen LogP contribution in [0.15, 0.2) is 54.6 Å². The molecular formula is C21H24N2O4. The van der Waals surface area contributed by atoms with Crippen LogP contribution in [-0.4, -0.2) is 56.2 Å². The van der Waals surface area contributed by atoms with Crippen LogP contribution in [0, 0.1) is 0 Å². The number of piperazine rings is 1. The van der Waals surface area contributed by atoms with Gasteiger partial charge in [0.2, 0.25) is 0 Å². The largest absolute Gasteiger partial charge is 0.497 e. The summed E-state index contributed by atoms with van der Waals surface area (Å²) in [6, 6.07) is 16.8. The molecule has 0 aliphatic carbocycles. The van der Waals surface area contributed by atoms with E-state index in [1.54, 1.807) is 36.1 Å². The second-order valence-corrected chi connectivity index (χ2v) is 6.43. The summed E-state index contributed by atoms with van der Waals surface area (Å²) in [6.45, 7) is 4.34. The van der Waals surface area contributed by atoms with Crippen molar-refractivity contribution in [3.05, 3.63) is 60.2 Å². The molecule has 2 aromatic rings. The van der Waals surface area contributed by atoms with Crippen molar-refractivity contribution < 1.29 is 19.1 Å². The molecule has 0 N–H and O–H groups in total. The topological polar surface area (TPSA) is 59.1 Å². The fraction of sp³-hybridized carbons (Fsp3) is 0.333. The lowest BCUT2D eigenvalue weighted by Crippen LogP contribution is -2.51. The Bertz CT molecular complexity index is 786. The molecular weight excluding hydrogens is 344 g/mol. The van der Waals surface area contributed by atoms with Gasteiger partial charge in [-0.25, -0.2) is 4.79 Å². The molecule has 1 heterocycles. The smallest absolute Gasteiger partial charge is 0.339 e. The van der Waals surface area contributed by atoms with E-state index in [1.165, 1.54) is 7.11 Å². The fourth-order valence-electron chi connectivity index (χ4n) is 3.11. The predicted molar refractivity (Wildman–Crippen MR) is 103 cm³/mol. The lowest BCUT2D eigenvalue weighted by molar-refractivity contribution is -0.140. The molecule has 142 valence electrons. The van der Waals surface area contributed by atoms with Crippen LogP contribution >= 0.6 is 0 Å². The van der Waals surface area contributed by atoms with Gasteiger partial charge < -0.3 is 19.3 Å². The normalized spacial score (nSPS) is 15.2. The van der Waals surface area contributed by atoms with Gasteiger partial charge in [-0.05, 0) is 37.3 Å². The highest BCUT2D eigenvalue weighted by Crippen LogP contribution is 2.17. The Morgan fingerprint density at radius 2 is 1.67 bits per heavy atom. The predicted octanol–water partition coefficient (Wildman–Crippen LogP) is 2.59. The van der Waals surface area contributed by atoms with Crippen LogP contribution in [0.3, 0.4) is 0 Å². The van der Waals surface area contributed by atoms with Crippen LogP contribution in [0.5, 0.6) is 5.75 Å². The summed E-state index contributed by atoms with van der Waals surface area (Å²) in [5, 5.41) is 0. The zero-order valence-corrected chi connectivity index (χ0v) is 15.6. The van der Waals surface area contributed by atoms with Crippen molar-refractivity contribution in [2.75, 3.05) is 38.2 Å². The first-order valence-corrected chi connectivity index (χ1v) is 9.02. The van der Waals surface area contributed by atoms with E-state index in [2.05, 4.69) is 17.0 Å². The summed E-state index contributed by atoms with van der Waals surface area (Å²) >= 11 is 0. The first-order chi connectivity index (χ1) is 13.1. The molecule has 6 heteroatoms. The molecule has 1 unspecified atom stereocenters. The van der Waals surface area contributed by atoms with Gasteiger partial charge in [0.25, 0.3) is 5.91 Å². The third-order valence-electron chi connectivity index (χ3n) is 4.65. The summed E-state index contributed by atoms with van der Waals surface area (Å²) < 4.78 is 10.5. The van der Waals surface area contributed by atoms with Crippen molar-refractivity contribution in [2.24, 2.45) is 0 Å². The number of rotatable bonds is 5. The first kappa shape index (κ1) is 18.8. The van der Waals surface area contributed by atoms with Crippen molar-refractivity contribution in [2.45, 2.75) is 13.0 Å². The molecule has 1 aliphatic heterocycles. The molecule has 0 bridgehead atoms. The molecule has 0 aromatic heterocycles. The van der Waals surface area contributed by atoms with Crippen molar-refractivity contribution in [1.82, 2.24) is 4.90 Å². The summed E-state index contributed by atoms with van der Waals surface area (Å²) in [6.07, 6.45) is -0.827. The minimum Gasteiger partial charge on any atom is -0.497 e. The number of benzene rings is 2. The molecule has 1 saturated heterocycles. The van der Waals surface area contributed by atoms with Gasteiger partial charge >= 0.3 is 5.97 Å². The molecule has 27 heavy (non-hydrogen) atoms. The Morgan fingerprint density at radius 1 is 0.963 bits per heavy atom. The maximum absolute atomic E-state index is 12.6. The summed E-state index contributed by atoms with van der Waals surface area (Å²) in [5.74, 6) is -0.128. The van der Waals surface area contributed by atoms with E-state index in [-0.39, 0.29) is 5.91 Å². The SMILES string of the molecule is COc1cccc(C(=O)OC(C)C(=O)N2CCN(c3ccccc3)CC2)c1. The average molecular weight is 368 g/mol. The number of methoxy groups -OCH3 is 1. The third-order valence-corrected chi connectivity index (χ3v) is 4.65. The number of carbonyl (C=O) groups is 2. The van der Waals surface area contributed by atoms with E-state index in [1.807, 2.05) is 18.2 Å². The Labute approximate surface area is 159 Å². The van der Waals surface area contributed by atoms with E-state index in [0.29, 0.717) is 24.4 Å². The van der Waals surface area contributed by atoms with Crippen LogP contribution in [-0.2, 0) is 9.53 Å². The highest BCUT2D eigenvalue weighted by Gasteiger charge is 2.27. The van der Waals surface area contributed by atoms with Gasteiger partial charge in [-0.2, -0.15) is 0 Å². The van der Waals surface area contributed by atoms with Crippen LogP contribution in [0.1, 0.15) is 17.3 Å². The van der Waals surface area contributed by atoms with Gasteiger partial charge in [0.1, 0.15) is 5.75 Å². The van der Waals surface area contributed by atoms with E-state index in [0.717, 1.165) is 18.8 Å². The maximum atomic E-state index is 12.6. The number of para-hydroxylation sites is 1. The van der Waals surface area contributed by atoms with Crippen LogP contribution in [0.4, 0.5) is 5.69 Å². The number of hydrogen-bond donors (Lipinski definition) is 0. The number of ether oxygens (including phenoxy) is 2. The molecule has 6 nitrogen and oxygen atoms in total. The maximum Gasteiger partial charge on any atom is 0.339 e. The van der Waals surface area contributed by atoms with Crippen LogP contribution < -0.4 is 9.64 Å². The second-order valence-electron chi connectivity index (χ2n) is 6.43. The first-order valence-electron chi connectivity index (χ1n) is 9.02. The average Bonchev–Trinajstić information content (AvgIpc) is 2.74. The summed E-state index contributed by atoms with van der Waals surface area (Å²) in [5.41, 5.74) is 1.52. The number of anilines is 1. The van der Waals surface area contributed by atoms with Crippen molar-refractivity contribution in [3.63, 3.8) is 0 Å². The van der Waals surface area contributed by atoms with Crippen molar-refractivity contribution in [1.29, 1.82) is 0 Å². The zero-order chi connectivity index (χ0) is 19.2. The lowest BCUT2D eigenvalue weighted by atomic mass is 10.2. The molecule has 1 amide bonds. The van der Waals surface area contributed by atoms with Crippen LogP contribution in [0.25, 0.3) is 0 Å². The Hall–Kier alpha value is -3.02. The van der Waals surface area contributed by atoms with Gasteiger partial charge in [-0.15, -0.1) is 0 Å². The third kappa shape index (κ3) is 4.58. The molecule has 0 radical (unpaired) electrons. The molecule has 3 rings (SSSR count). The number of nitrogens with zero attached hydrogens (tertiary/aromatic N) is 2. The minimum atomic E-state index is -0.827. The lowest BCUT2D eigenvalue weighted by Gasteiger charge is -2.37. The summed E-state index contributed by atoms with van der Waals surface area (Å²) in [4.78, 5) is 28.9. The molecule has 1 atom stereocenters. The van der Waals surface area contributed by atoms with Gasteiger partial charge in [-0.3, -0.25) is 4.79 Å². The zero-order valence-electron chi connectivity index (χ0n) is 15.6. The van der Waals surface area contributed by atoms with E-state index >= 15 is 0 Å². The van der Waals surface area contributed by atoms with Crippen molar-refractivity contribution in [3.8, 4) is 5.75 Å². The fourth-order valence-corrected chi connectivity index (χ4v) is 3.11. The molecule has 1 fully saturated rings. The minimum absolute atomic E-state index is 0.168. The van der Waals surface area contributed by atoms with E-state index in [4.69, 9.17) is 9.47 Å². The summed E-state index contributed by atoms with van der Waals surface area (Å²) in [7, 11) is 1.53. The monoisotopic (exact) mass is 368 g/mol. The Balaban J connectivity index is 1.54. The number of amides is 1. The standard InChI is InChI=1S/C21H24N2O4/c1-16(27-21(25)17-7-6-10-19(15-17)26-2)20(24)23-13-11-22(12-14-23)18-8-4-3-5-9-18/h3-10,15-16H,11-14H2,1-2H3. The highest BCUT2D eigenvalue weighted by atomic mass is 16.5. The quantitative estimate of drug-likeness (QED) is 0.760. The van der Waals surface area contributed by atoms with E-state index < -0.39 is 12.1 Å². The van der Waals surface area contributed by atoms with Crippen LogP contribution in [0.2, 0.25) is 0 Å². The molecule has 0 spiro atoms. The number of esters is 1. The number of hydrogen-bond acceptors (Lipinski definition) is 5. The molecule has 0 saturated carbocycles. The second kappa shape index (κ2) is 8.58. The highest BCUT2D eigenvalue weighted by molar-refractivity contribution is 5.92. The Morgan fingerprint density at radius 3 is 2.33 bits per heavy atom. The van der Waals surface area contributed by atoms with E-state index in [9.17, 15) is 9.59 Å². The number of carbonyl (C=O) groups excluding carboxylic acids is 2. The van der Waals surface area contributed by atoms with Gasteiger partial charge in [0, 0.05) is 31.9 Å².